The van der Waals surface area contributed by atoms with E-state index in [9.17, 15) is 18.0 Å². The maximum Gasteiger partial charge on any atom is 0.416 e. The Labute approximate surface area is 164 Å². The molecule has 3 aromatic rings. The van der Waals surface area contributed by atoms with Crippen LogP contribution in [0.4, 0.5) is 29.7 Å². The smallest absolute Gasteiger partial charge is 0.332 e. The lowest BCUT2D eigenvalue weighted by molar-refractivity contribution is -0.137. The fourth-order valence-electron chi connectivity index (χ4n) is 2.76. The van der Waals surface area contributed by atoms with Crippen LogP contribution in [0.1, 0.15) is 22.4 Å². The van der Waals surface area contributed by atoms with Crippen molar-refractivity contribution in [3.63, 3.8) is 0 Å². The van der Waals surface area contributed by atoms with Crippen LogP contribution in [0.3, 0.4) is 0 Å². The molecule has 0 atom stereocenters. The summed E-state index contributed by atoms with van der Waals surface area (Å²) in [6.45, 7) is 3.91. The highest BCUT2D eigenvalue weighted by Gasteiger charge is 2.30. The van der Waals surface area contributed by atoms with Crippen LogP contribution in [0.25, 0.3) is 0 Å². The third-order valence-corrected chi connectivity index (χ3v) is 4.65. The van der Waals surface area contributed by atoms with Crippen LogP contribution in [0.5, 0.6) is 0 Å². The zero-order valence-corrected chi connectivity index (χ0v) is 16.0. The van der Waals surface area contributed by atoms with E-state index in [1.807, 2.05) is 32.0 Å². The Morgan fingerprint density at radius 3 is 2.46 bits per heavy atom. The molecule has 28 heavy (non-hydrogen) atoms. The number of aryl methyl sites for hydroxylation is 2. The van der Waals surface area contributed by atoms with E-state index in [4.69, 9.17) is 0 Å². The first-order chi connectivity index (χ1) is 13.2. The van der Waals surface area contributed by atoms with E-state index in [1.54, 1.807) is 5.38 Å². The Morgan fingerprint density at radius 1 is 1.07 bits per heavy atom. The number of hydrogen-bond donors (Lipinski definition) is 2. The maximum absolute atomic E-state index is 12.8. The molecule has 0 aliphatic carbocycles. The van der Waals surface area contributed by atoms with Gasteiger partial charge in [0, 0.05) is 16.8 Å². The van der Waals surface area contributed by atoms with Crippen molar-refractivity contribution >= 4 is 33.8 Å². The summed E-state index contributed by atoms with van der Waals surface area (Å²) < 4.78 is 38.4. The Bertz CT molecular complexity index is 978. The Kier molecular flexibility index (Phi) is 5.69. The number of nitrogens with zero attached hydrogens (tertiary/aromatic N) is 1. The highest BCUT2D eigenvalue weighted by Crippen LogP contribution is 2.31. The highest BCUT2D eigenvalue weighted by molar-refractivity contribution is 7.13. The molecule has 8 heteroatoms. The lowest BCUT2D eigenvalue weighted by Crippen LogP contribution is -2.14. The summed E-state index contributed by atoms with van der Waals surface area (Å²) in [5, 5.41) is 7.82. The number of benzene rings is 2. The van der Waals surface area contributed by atoms with Crippen molar-refractivity contribution < 1.29 is 18.0 Å². The van der Waals surface area contributed by atoms with E-state index in [1.165, 1.54) is 23.5 Å². The van der Waals surface area contributed by atoms with Crippen LogP contribution in [-0.2, 0) is 17.4 Å². The molecule has 4 nitrogen and oxygen atoms in total. The van der Waals surface area contributed by atoms with Crippen molar-refractivity contribution in [3.05, 3.63) is 70.2 Å². The first-order valence-corrected chi connectivity index (χ1v) is 9.34. The molecule has 1 heterocycles. The quantitative estimate of drug-likeness (QED) is 0.572. The van der Waals surface area contributed by atoms with Gasteiger partial charge in [-0.1, -0.05) is 12.1 Å². The minimum absolute atomic E-state index is 0.0771. The van der Waals surface area contributed by atoms with Crippen LogP contribution < -0.4 is 10.6 Å². The first kappa shape index (κ1) is 19.9. The number of rotatable bonds is 5. The van der Waals surface area contributed by atoms with E-state index in [0.29, 0.717) is 10.8 Å². The molecular weight excluding hydrogens is 387 g/mol. The summed E-state index contributed by atoms with van der Waals surface area (Å²) in [6, 6.07) is 10.7. The van der Waals surface area contributed by atoms with E-state index in [0.717, 1.165) is 28.9 Å². The lowest BCUT2D eigenvalue weighted by atomic mass is 10.1. The number of carbonyl (C=O) groups excluding carboxylic acids is 1. The van der Waals surface area contributed by atoms with Gasteiger partial charge in [0.2, 0.25) is 5.91 Å². The zero-order chi connectivity index (χ0) is 20.3. The maximum atomic E-state index is 12.8. The van der Waals surface area contributed by atoms with Crippen LogP contribution in [-0.4, -0.2) is 10.9 Å². The normalized spacial score (nSPS) is 11.3. The Balaban J connectivity index is 1.63. The molecule has 0 bridgehead atoms. The van der Waals surface area contributed by atoms with Gasteiger partial charge in [-0.3, -0.25) is 4.79 Å². The van der Waals surface area contributed by atoms with Gasteiger partial charge in [0.25, 0.3) is 0 Å². The minimum atomic E-state index is -4.40. The third-order valence-electron chi connectivity index (χ3n) is 3.84. The number of halogens is 3. The van der Waals surface area contributed by atoms with Crippen molar-refractivity contribution in [2.24, 2.45) is 0 Å². The summed E-state index contributed by atoms with van der Waals surface area (Å²) >= 11 is 1.23. The van der Waals surface area contributed by atoms with Gasteiger partial charge in [0.1, 0.15) is 0 Å². The fourth-order valence-corrected chi connectivity index (χ4v) is 3.49. The molecule has 0 spiro atoms. The van der Waals surface area contributed by atoms with Gasteiger partial charge in [-0.05, 0) is 55.3 Å². The molecule has 146 valence electrons. The molecule has 3 rings (SSSR count). The van der Waals surface area contributed by atoms with Gasteiger partial charge >= 0.3 is 6.18 Å². The average molecular weight is 405 g/mol. The van der Waals surface area contributed by atoms with Gasteiger partial charge < -0.3 is 10.6 Å². The third kappa shape index (κ3) is 5.32. The highest BCUT2D eigenvalue weighted by atomic mass is 32.1. The second-order valence-electron chi connectivity index (χ2n) is 6.45. The number of carbonyl (C=O) groups is 1. The van der Waals surface area contributed by atoms with Gasteiger partial charge in [-0.15, -0.1) is 11.3 Å². The number of amides is 1. The molecule has 0 unspecified atom stereocenters. The second-order valence-corrected chi connectivity index (χ2v) is 7.31. The van der Waals surface area contributed by atoms with Gasteiger partial charge in [0.05, 0.1) is 17.7 Å². The Hall–Kier alpha value is -2.87. The van der Waals surface area contributed by atoms with E-state index in [-0.39, 0.29) is 18.0 Å². The van der Waals surface area contributed by atoms with Gasteiger partial charge in [-0.2, -0.15) is 13.2 Å². The van der Waals surface area contributed by atoms with E-state index in [2.05, 4.69) is 15.6 Å². The summed E-state index contributed by atoms with van der Waals surface area (Å²) in [4.78, 5) is 16.5. The van der Waals surface area contributed by atoms with Crippen LogP contribution in [0.2, 0.25) is 0 Å². The average Bonchev–Trinajstić information content (AvgIpc) is 3.00. The molecule has 0 aliphatic heterocycles. The summed E-state index contributed by atoms with van der Waals surface area (Å²) in [6.07, 6.45) is -4.33. The summed E-state index contributed by atoms with van der Waals surface area (Å²) in [5.74, 6) is -0.207. The zero-order valence-electron chi connectivity index (χ0n) is 15.2. The topological polar surface area (TPSA) is 54.0 Å². The number of hydrogen-bond acceptors (Lipinski definition) is 4. The molecule has 1 aromatic heterocycles. The number of nitrogens with one attached hydrogen (secondary N) is 2. The molecule has 1 amide bonds. The largest absolute Gasteiger partial charge is 0.416 e. The van der Waals surface area contributed by atoms with Gasteiger partial charge in [-0.25, -0.2) is 4.98 Å². The molecule has 0 fully saturated rings. The van der Waals surface area contributed by atoms with Crippen LogP contribution in [0, 0.1) is 13.8 Å². The van der Waals surface area contributed by atoms with Gasteiger partial charge in [0.15, 0.2) is 5.13 Å². The molecule has 0 aliphatic rings. The molecule has 0 radical (unpaired) electrons. The van der Waals surface area contributed by atoms with Crippen molar-refractivity contribution in [2.45, 2.75) is 26.4 Å². The summed E-state index contributed by atoms with van der Waals surface area (Å²) in [5.41, 5.74) is 2.92. The van der Waals surface area contributed by atoms with Crippen LogP contribution in [0.15, 0.2) is 47.8 Å². The SMILES string of the molecule is Cc1cc(C)cc(NC(=O)Cc2csc(Nc3cccc(C(F)(F)F)c3)n2)c1. The van der Waals surface area contributed by atoms with Crippen molar-refractivity contribution in [1.82, 2.24) is 4.98 Å². The summed E-state index contributed by atoms with van der Waals surface area (Å²) in [7, 11) is 0. The predicted octanol–water partition coefficient (Wildman–Crippen LogP) is 5.70. The van der Waals surface area contributed by atoms with Crippen molar-refractivity contribution in [2.75, 3.05) is 10.6 Å². The molecule has 0 saturated carbocycles. The molecule has 2 aromatic carbocycles. The number of anilines is 3. The molecule has 0 saturated heterocycles. The monoisotopic (exact) mass is 405 g/mol. The number of aromatic nitrogens is 1. The van der Waals surface area contributed by atoms with E-state index < -0.39 is 11.7 Å². The standard InChI is InChI=1S/C20H18F3N3OS/c1-12-6-13(2)8-16(7-12)24-18(27)10-17-11-28-19(26-17)25-15-5-3-4-14(9-15)20(21,22)23/h3-9,11H,10H2,1-2H3,(H,24,27)(H,25,26). The van der Waals surface area contributed by atoms with Crippen molar-refractivity contribution in [3.8, 4) is 0 Å². The number of thiazole rings is 1. The van der Waals surface area contributed by atoms with Crippen LogP contribution >= 0.6 is 11.3 Å². The molecular formula is C20H18F3N3OS. The number of alkyl halides is 3. The van der Waals surface area contributed by atoms with Crippen molar-refractivity contribution in [1.29, 1.82) is 0 Å². The second kappa shape index (κ2) is 8.02. The fraction of sp³-hybridized carbons (Fsp3) is 0.200. The predicted molar refractivity (Wildman–Crippen MR) is 105 cm³/mol. The first-order valence-electron chi connectivity index (χ1n) is 8.46. The minimum Gasteiger partial charge on any atom is -0.332 e. The molecule has 2 N–H and O–H groups in total. The van der Waals surface area contributed by atoms with E-state index >= 15 is 0 Å². The lowest BCUT2D eigenvalue weighted by Gasteiger charge is -2.09. The Morgan fingerprint density at radius 2 is 1.79 bits per heavy atom.